The van der Waals surface area contributed by atoms with Crippen LogP contribution in [-0.2, 0) is 16.1 Å². The zero-order chi connectivity index (χ0) is 22.7. The monoisotopic (exact) mass is 424 g/mol. The first-order valence-electron chi connectivity index (χ1n) is 9.28. The molecule has 1 amide bonds. The smallest absolute Gasteiger partial charge is 0.414 e. The maximum atomic E-state index is 12.7. The van der Waals surface area contributed by atoms with Gasteiger partial charge in [0.15, 0.2) is 11.3 Å². The van der Waals surface area contributed by atoms with Gasteiger partial charge in [0.25, 0.3) is 5.91 Å². The quantitative estimate of drug-likeness (QED) is 0.423. The molecule has 4 rings (SSSR count). The maximum absolute atomic E-state index is 12.7. The van der Waals surface area contributed by atoms with Crippen molar-refractivity contribution in [3.05, 3.63) is 53.5 Å². The number of amides is 1. The van der Waals surface area contributed by atoms with Gasteiger partial charge < -0.3 is 14.8 Å². The molecule has 1 aromatic carbocycles. The van der Waals surface area contributed by atoms with Crippen molar-refractivity contribution in [1.29, 1.82) is 0 Å². The van der Waals surface area contributed by atoms with E-state index in [1.807, 2.05) is 55.7 Å². The molecule has 0 radical (unpaired) electrons. The Balaban J connectivity index is 0.000000401. The van der Waals surface area contributed by atoms with E-state index in [1.165, 1.54) is 0 Å². The third-order valence-electron chi connectivity index (χ3n) is 4.35. The first kappa shape index (κ1) is 21.4. The fourth-order valence-corrected chi connectivity index (χ4v) is 3.05. The number of carboxylic acids is 2. The number of carbonyl (C=O) groups excluding carboxylic acids is 1. The summed E-state index contributed by atoms with van der Waals surface area (Å²) in [4.78, 5) is 39.8. The topological polar surface area (TPSA) is 152 Å². The lowest BCUT2D eigenvalue weighted by Gasteiger charge is -2.06. The Morgan fingerprint density at radius 2 is 1.71 bits per heavy atom. The molecule has 0 unspecified atom stereocenters. The number of nitrogens with one attached hydrogen (secondary N) is 1. The fraction of sp³-hybridized carbons (Fsp3) is 0.200. The first-order valence-corrected chi connectivity index (χ1v) is 9.28. The van der Waals surface area contributed by atoms with Crippen molar-refractivity contribution in [2.75, 3.05) is 5.32 Å². The van der Waals surface area contributed by atoms with E-state index in [1.54, 1.807) is 10.6 Å². The Morgan fingerprint density at radius 3 is 2.35 bits per heavy atom. The number of nitrogens with zero attached hydrogens (tertiary/aromatic N) is 5. The molecule has 0 aliphatic rings. The predicted octanol–water partition coefficient (Wildman–Crippen LogP) is 2.12. The van der Waals surface area contributed by atoms with Crippen LogP contribution in [-0.4, -0.2) is 52.2 Å². The molecule has 11 nitrogen and oxygen atoms in total. The fourth-order valence-electron chi connectivity index (χ4n) is 3.05. The second kappa shape index (κ2) is 8.61. The van der Waals surface area contributed by atoms with Gasteiger partial charge in [-0.25, -0.2) is 24.1 Å². The number of rotatable bonds is 3. The maximum Gasteiger partial charge on any atom is 0.414 e. The first-order chi connectivity index (χ1) is 14.7. The molecule has 0 saturated carbocycles. The molecule has 31 heavy (non-hydrogen) atoms. The van der Waals surface area contributed by atoms with Crippen molar-refractivity contribution in [2.24, 2.45) is 0 Å². The molecule has 0 atom stereocenters. The lowest BCUT2D eigenvalue weighted by Crippen LogP contribution is -2.16. The van der Waals surface area contributed by atoms with Crippen molar-refractivity contribution in [2.45, 2.75) is 27.3 Å². The summed E-state index contributed by atoms with van der Waals surface area (Å²) >= 11 is 0. The third kappa shape index (κ3) is 4.50. The highest BCUT2D eigenvalue weighted by molar-refractivity contribution is 6.27. The van der Waals surface area contributed by atoms with Crippen LogP contribution in [0.15, 0.2) is 36.4 Å². The molecule has 3 N–H and O–H groups in total. The average molecular weight is 424 g/mol. The minimum absolute atomic E-state index is 0.299. The zero-order valence-electron chi connectivity index (χ0n) is 17.0. The number of anilines is 1. The van der Waals surface area contributed by atoms with E-state index in [-0.39, 0.29) is 5.91 Å². The van der Waals surface area contributed by atoms with E-state index in [2.05, 4.69) is 20.4 Å². The van der Waals surface area contributed by atoms with E-state index in [4.69, 9.17) is 19.8 Å². The highest BCUT2D eigenvalue weighted by Crippen LogP contribution is 2.20. The van der Waals surface area contributed by atoms with Crippen LogP contribution >= 0.6 is 0 Å². The second-order valence-electron chi connectivity index (χ2n) is 6.57. The number of aromatic nitrogens is 5. The minimum atomic E-state index is -1.82. The Morgan fingerprint density at radius 1 is 1.03 bits per heavy atom. The van der Waals surface area contributed by atoms with Crippen molar-refractivity contribution in [3.63, 3.8) is 0 Å². The normalized spacial score (nSPS) is 10.5. The van der Waals surface area contributed by atoms with Crippen LogP contribution in [0.2, 0.25) is 0 Å². The summed E-state index contributed by atoms with van der Waals surface area (Å²) in [5.74, 6) is -3.43. The molecule has 3 aromatic heterocycles. The highest BCUT2D eigenvalue weighted by atomic mass is 16.4. The van der Waals surface area contributed by atoms with Gasteiger partial charge in [0.05, 0.1) is 11.0 Å². The minimum Gasteiger partial charge on any atom is -0.473 e. The number of hydrogen-bond acceptors (Lipinski definition) is 6. The largest absolute Gasteiger partial charge is 0.473 e. The Bertz CT molecular complexity index is 1290. The third-order valence-corrected chi connectivity index (χ3v) is 4.35. The van der Waals surface area contributed by atoms with Crippen molar-refractivity contribution in [3.8, 4) is 0 Å². The van der Waals surface area contributed by atoms with Crippen LogP contribution in [0.25, 0.3) is 16.7 Å². The lowest BCUT2D eigenvalue weighted by molar-refractivity contribution is -0.159. The van der Waals surface area contributed by atoms with Crippen LogP contribution in [0, 0.1) is 13.8 Å². The predicted molar refractivity (Wildman–Crippen MR) is 111 cm³/mol. The number of aryl methyl sites for hydroxylation is 3. The summed E-state index contributed by atoms with van der Waals surface area (Å²) in [6.45, 7) is 6.59. The Labute approximate surface area is 176 Å². The van der Waals surface area contributed by atoms with E-state index < -0.39 is 11.9 Å². The summed E-state index contributed by atoms with van der Waals surface area (Å²) in [6, 6.07) is 11.4. The number of carbonyl (C=O) groups is 3. The number of imidazole rings is 1. The van der Waals surface area contributed by atoms with Gasteiger partial charge in [-0.05, 0) is 39.0 Å². The van der Waals surface area contributed by atoms with E-state index in [0.29, 0.717) is 23.8 Å². The number of benzene rings is 1. The SMILES string of the molecule is CCn1c(NC(=O)c2cc3nc(C)cc(C)n3n2)nc2ccccc21.O=C(O)C(=O)O. The molecular weight excluding hydrogens is 404 g/mol. The standard InChI is InChI=1S/C18H18N6O.C2H2O4/c1-4-23-15-8-6-5-7-13(15)20-18(23)21-17(25)14-10-16-19-11(2)9-12(3)24(16)22-14;3-1(4)2(5)6/h5-10H,4H2,1-3H3,(H,20,21,25);(H,3,4)(H,5,6). The molecule has 11 heteroatoms. The van der Waals surface area contributed by atoms with E-state index in [0.717, 1.165) is 22.4 Å². The number of hydrogen-bond donors (Lipinski definition) is 3. The zero-order valence-corrected chi connectivity index (χ0v) is 17.0. The lowest BCUT2D eigenvalue weighted by atomic mass is 10.3. The van der Waals surface area contributed by atoms with E-state index >= 15 is 0 Å². The van der Waals surface area contributed by atoms with Crippen LogP contribution in [0.3, 0.4) is 0 Å². The summed E-state index contributed by atoms with van der Waals surface area (Å²) in [5.41, 5.74) is 4.64. The van der Waals surface area contributed by atoms with Crippen molar-refractivity contribution in [1.82, 2.24) is 24.1 Å². The summed E-state index contributed by atoms with van der Waals surface area (Å²) in [6.07, 6.45) is 0. The van der Waals surface area contributed by atoms with Gasteiger partial charge in [-0.2, -0.15) is 5.10 Å². The van der Waals surface area contributed by atoms with Gasteiger partial charge in [0.2, 0.25) is 5.95 Å². The van der Waals surface area contributed by atoms with Crippen LogP contribution in [0.4, 0.5) is 5.95 Å². The number of aliphatic carboxylic acids is 2. The molecule has 4 aromatic rings. The van der Waals surface area contributed by atoms with Crippen LogP contribution in [0.5, 0.6) is 0 Å². The molecule has 0 aliphatic carbocycles. The molecule has 0 spiro atoms. The van der Waals surface area contributed by atoms with Gasteiger partial charge in [-0.3, -0.25) is 10.1 Å². The van der Waals surface area contributed by atoms with Gasteiger partial charge >= 0.3 is 11.9 Å². The van der Waals surface area contributed by atoms with Gasteiger partial charge in [-0.15, -0.1) is 0 Å². The summed E-state index contributed by atoms with van der Waals surface area (Å²) in [5, 5.41) is 22.0. The summed E-state index contributed by atoms with van der Waals surface area (Å²) < 4.78 is 3.64. The second-order valence-corrected chi connectivity index (χ2v) is 6.57. The van der Waals surface area contributed by atoms with Gasteiger partial charge in [0, 0.05) is 24.0 Å². The molecule has 0 fully saturated rings. The Hall–Kier alpha value is -4.28. The molecule has 0 bridgehead atoms. The molecule has 0 saturated heterocycles. The average Bonchev–Trinajstić information content (AvgIpc) is 3.29. The molecule has 0 aliphatic heterocycles. The van der Waals surface area contributed by atoms with Gasteiger partial charge in [-0.1, -0.05) is 12.1 Å². The number of fused-ring (bicyclic) bond motifs is 2. The highest BCUT2D eigenvalue weighted by Gasteiger charge is 2.17. The van der Waals surface area contributed by atoms with Crippen LogP contribution in [0.1, 0.15) is 28.8 Å². The Kier molecular flexibility index (Phi) is 5.95. The number of carboxylic acid groups (broad SMARTS) is 2. The van der Waals surface area contributed by atoms with Crippen molar-refractivity contribution < 1.29 is 24.6 Å². The number of para-hydroxylation sites is 2. The summed E-state index contributed by atoms with van der Waals surface area (Å²) in [7, 11) is 0. The van der Waals surface area contributed by atoms with Crippen molar-refractivity contribution >= 4 is 40.5 Å². The van der Waals surface area contributed by atoms with E-state index in [9.17, 15) is 4.79 Å². The van der Waals surface area contributed by atoms with Crippen LogP contribution < -0.4 is 5.32 Å². The molecule has 3 heterocycles. The molecule has 160 valence electrons. The molecular formula is C20H20N6O5. The van der Waals surface area contributed by atoms with Gasteiger partial charge in [0.1, 0.15) is 0 Å².